The van der Waals surface area contributed by atoms with Gasteiger partial charge in [0, 0.05) is 17.1 Å². The number of nitrogens with two attached hydrogens (primary N) is 1. The lowest BCUT2D eigenvalue weighted by atomic mass is 10.2. The van der Waals surface area contributed by atoms with E-state index in [1.54, 1.807) is 12.1 Å². The Hall–Kier alpha value is -0.700. The standard InChI is InChI=1S/C12H15Cl2NO/c1-3-8(2)7-16-12-9(6-15)4-10(13)5-11(12)14/h4-5H,2-3,6-7,15H2,1H3. The molecule has 2 N–H and O–H groups in total. The summed E-state index contributed by atoms with van der Waals surface area (Å²) >= 11 is 11.9. The first-order valence-electron chi connectivity index (χ1n) is 5.06. The molecule has 0 atom stereocenters. The Bertz CT molecular complexity index is 391. The van der Waals surface area contributed by atoms with E-state index in [1.807, 2.05) is 6.92 Å². The van der Waals surface area contributed by atoms with Gasteiger partial charge in [-0.1, -0.05) is 36.7 Å². The molecule has 0 radical (unpaired) electrons. The summed E-state index contributed by atoms with van der Waals surface area (Å²) < 4.78 is 5.60. The molecular weight excluding hydrogens is 245 g/mol. The molecule has 1 aromatic rings. The van der Waals surface area contributed by atoms with Gasteiger partial charge in [0.15, 0.2) is 0 Å². The third kappa shape index (κ3) is 3.41. The van der Waals surface area contributed by atoms with Crippen LogP contribution in [0.15, 0.2) is 24.3 Å². The Morgan fingerprint density at radius 1 is 1.44 bits per heavy atom. The van der Waals surface area contributed by atoms with E-state index in [0.717, 1.165) is 17.6 Å². The average Bonchev–Trinajstić information content (AvgIpc) is 2.26. The monoisotopic (exact) mass is 259 g/mol. The summed E-state index contributed by atoms with van der Waals surface area (Å²) in [5.74, 6) is 0.600. The van der Waals surface area contributed by atoms with Gasteiger partial charge in [-0.25, -0.2) is 0 Å². The van der Waals surface area contributed by atoms with Crippen LogP contribution < -0.4 is 10.5 Å². The Morgan fingerprint density at radius 2 is 2.12 bits per heavy atom. The molecule has 4 heteroatoms. The summed E-state index contributed by atoms with van der Waals surface area (Å²) in [6, 6.07) is 3.41. The van der Waals surface area contributed by atoms with E-state index in [2.05, 4.69) is 6.58 Å². The van der Waals surface area contributed by atoms with Crippen molar-refractivity contribution in [3.63, 3.8) is 0 Å². The van der Waals surface area contributed by atoms with Gasteiger partial charge >= 0.3 is 0 Å². The quantitative estimate of drug-likeness (QED) is 0.817. The van der Waals surface area contributed by atoms with Crippen LogP contribution in [0, 0.1) is 0 Å². The number of halogens is 2. The van der Waals surface area contributed by atoms with E-state index in [-0.39, 0.29) is 0 Å². The van der Waals surface area contributed by atoms with Gasteiger partial charge in [-0.15, -0.1) is 0 Å². The van der Waals surface area contributed by atoms with Gasteiger partial charge in [-0.2, -0.15) is 0 Å². The molecule has 1 aromatic carbocycles. The van der Waals surface area contributed by atoms with Gasteiger partial charge in [0.2, 0.25) is 0 Å². The van der Waals surface area contributed by atoms with Crippen LogP contribution in [0.1, 0.15) is 18.9 Å². The molecule has 0 heterocycles. The Balaban J connectivity index is 2.89. The van der Waals surface area contributed by atoms with Crippen LogP contribution in [-0.2, 0) is 6.54 Å². The fourth-order valence-electron chi connectivity index (χ4n) is 1.20. The van der Waals surface area contributed by atoms with Gasteiger partial charge in [-0.05, 0) is 24.1 Å². The average molecular weight is 260 g/mol. The summed E-state index contributed by atoms with van der Waals surface area (Å²) in [4.78, 5) is 0. The number of rotatable bonds is 5. The van der Waals surface area contributed by atoms with Crippen molar-refractivity contribution in [2.24, 2.45) is 5.73 Å². The normalized spacial score (nSPS) is 10.2. The first kappa shape index (κ1) is 13.4. The number of hydrogen-bond donors (Lipinski definition) is 1. The third-order valence-electron chi connectivity index (χ3n) is 2.23. The Morgan fingerprint density at radius 3 is 2.69 bits per heavy atom. The maximum atomic E-state index is 6.05. The van der Waals surface area contributed by atoms with Crippen molar-refractivity contribution < 1.29 is 4.74 Å². The smallest absolute Gasteiger partial charge is 0.142 e. The highest BCUT2D eigenvalue weighted by Crippen LogP contribution is 2.32. The predicted octanol–water partition coefficient (Wildman–Crippen LogP) is 3.80. The summed E-state index contributed by atoms with van der Waals surface area (Å²) in [6.07, 6.45) is 0.878. The fourth-order valence-corrected chi connectivity index (χ4v) is 1.79. The molecule has 88 valence electrons. The summed E-state index contributed by atoms with van der Waals surface area (Å²) in [5.41, 5.74) is 7.42. The third-order valence-corrected chi connectivity index (χ3v) is 2.72. The minimum Gasteiger partial charge on any atom is -0.487 e. The molecular formula is C12H15Cl2NO. The van der Waals surface area contributed by atoms with Crippen molar-refractivity contribution in [2.75, 3.05) is 6.61 Å². The van der Waals surface area contributed by atoms with Crippen LogP contribution in [-0.4, -0.2) is 6.61 Å². The topological polar surface area (TPSA) is 35.2 Å². The number of ether oxygens (including phenoxy) is 1. The zero-order valence-electron chi connectivity index (χ0n) is 9.22. The molecule has 0 spiro atoms. The minimum absolute atomic E-state index is 0.341. The molecule has 0 saturated heterocycles. The van der Waals surface area contributed by atoms with Crippen LogP contribution in [0.3, 0.4) is 0 Å². The lowest BCUT2D eigenvalue weighted by Crippen LogP contribution is -2.05. The van der Waals surface area contributed by atoms with Crippen molar-refractivity contribution >= 4 is 23.2 Å². The van der Waals surface area contributed by atoms with E-state index < -0.39 is 0 Å². The number of benzene rings is 1. The van der Waals surface area contributed by atoms with Crippen LogP contribution in [0.2, 0.25) is 10.0 Å². The van der Waals surface area contributed by atoms with Gasteiger partial charge in [0.1, 0.15) is 12.4 Å². The van der Waals surface area contributed by atoms with Gasteiger partial charge in [0.05, 0.1) is 5.02 Å². The first-order chi connectivity index (χ1) is 7.58. The second-order valence-electron chi connectivity index (χ2n) is 3.47. The molecule has 0 aliphatic heterocycles. The molecule has 0 fully saturated rings. The Labute approximate surface area is 106 Å². The maximum Gasteiger partial charge on any atom is 0.142 e. The SMILES string of the molecule is C=C(CC)COc1c(Cl)cc(Cl)cc1CN. The van der Waals surface area contributed by atoms with Crippen molar-refractivity contribution in [3.8, 4) is 5.75 Å². The predicted molar refractivity (Wildman–Crippen MR) is 69.3 cm³/mol. The summed E-state index contributed by atoms with van der Waals surface area (Å²) in [7, 11) is 0. The molecule has 1 rings (SSSR count). The van der Waals surface area contributed by atoms with Crippen molar-refractivity contribution in [1.82, 2.24) is 0 Å². The maximum absolute atomic E-state index is 6.05. The summed E-state index contributed by atoms with van der Waals surface area (Å²) in [5, 5.41) is 1.05. The Kier molecular flexibility index (Phi) is 5.13. The largest absolute Gasteiger partial charge is 0.487 e. The molecule has 0 aliphatic carbocycles. The van der Waals surface area contributed by atoms with Gasteiger partial charge in [-0.3, -0.25) is 0 Å². The van der Waals surface area contributed by atoms with Crippen LogP contribution >= 0.6 is 23.2 Å². The lowest BCUT2D eigenvalue weighted by Gasteiger charge is -2.13. The van der Waals surface area contributed by atoms with E-state index in [1.165, 1.54) is 0 Å². The molecule has 0 saturated carbocycles. The first-order valence-corrected chi connectivity index (χ1v) is 5.81. The second kappa shape index (κ2) is 6.14. The van der Waals surface area contributed by atoms with Crippen LogP contribution in [0.4, 0.5) is 0 Å². The molecule has 0 aliphatic rings. The van der Waals surface area contributed by atoms with Crippen molar-refractivity contribution in [1.29, 1.82) is 0 Å². The van der Waals surface area contributed by atoms with Crippen molar-refractivity contribution in [3.05, 3.63) is 39.9 Å². The van der Waals surface area contributed by atoms with E-state index in [4.69, 9.17) is 33.7 Å². The van der Waals surface area contributed by atoms with E-state index in [0.29, 0.717) is 28.9 Å². The van der Waals surface area contributed by atoms with Crippen LogP contribution in [0.25, 0.3) is 0 Å². The highest BCUT2D eigenvalue weighted by Gasteiger charge is 2.09. The highest BCUT2D eigenvalue weighted by atomic mass is 35.5. The number of hydrogen-bond acceptors (Lipinski definition) is 2. The second-order valence-corrected chi connectivity index (χ2v) is 4.32. The molecule has 0 amide bonds. The highest BCUT2D eigenvalue weighted by molar-refractivity contribution is 6.35. The zero-order chi connectivity index (χ0) is 12.1. The van der Waals surface area contributed by atoms with Gasteiger partial charge in [0.25, 0.3) is 0 Å². The van der Waals surface area contributed by atoms with Crippen LogP contribution in [0.5, 0.6) is 5.75 Å². The lowest BCUT2D eigenvalue weighted by molar-refractivity contribution is 0.345. The van der Waals surface area contributed by atoms with E-state index in [9.17, 15) is 0 Å². The molecule has 16 heavy (non-hydrogen) atoms. The molecule has 0 aromatic heterocycles. The molecule has 0 bridgehead atoms. The zero-order valence-corrected chi connectivity index (χ0v) is 10.7. The fraction of sp³-hybridized carbons (Fsp3) is 0.333. The minimum atomic E-state index is 0.341. The summed E-state index contributed by atoms with van der Waals surface area (Å²) in [6.45, 7) is 6.68. The van der Waals surface area contributed by atoms with Gasteiger partial charge < -0.3 is 10.5 Å². The molecule has 2 nitrogen and oxygen atoms in total. The van der Waals surface area contributed by atoms with E-state index >= 15 is 0 Å². The van der Waals surface area contributed by atoms with Crippen molar-refractivity contribution in [2.45, 2.75) is 19.9 Å². The molecule has 0 unspecified atom stereocenters.